The molecule has 0 saturated carbocycles. The molecule has 1 fully saturated rings. The molecule has 11 nitrogen and oxygen atoms in total. The van der Waals surface area contributed by atoms with E-state index < -0.39 is 11.7 Å². The third-order valence-electron chi connectivity index (χ3n) is 7.39. The van der Waals surface area contributed by atoms with Gasteiger partial charge in [-0.25, -0.2) is 9.59 Å². The zero-order valence-corrected chi connectivity index (χ0v) is 26.9. The zero-order chi connectivity index (χ0) is 31.8. The van der Waals surface area contributed by atoms with Crippen molar-refractivity contribution in [1.29, 1.82) is 0 Å². The maximum Gasteiger partial charge on any atom is 0.412 e. The van der Waals surface area contributed by atoms with E-state index in [2.05, 4.69) is 20.5 Å². The zero-order valence-electron chi connectivity index (χ0n) is 26.1. The summed E-state index contributed by atoms with van der Waals surface area (Å²) >= 11 is 1.39. The van der Waals surface area contributed by atoms with E-state index in [9.17, 15) is 14.4 Å². The topological polar surface area (TPSA) is 122 Å². The van der Waals surface area contributed by atoms with Gasteiger partial charge in [0.15, 0.2) is 17.3 Å². The molecule has 240 valence electrons. The highest BCUT2D eigenvalue weighted by molar-refractivity contribution is 7.08. The summed E-state index contributed by atoms with van der Waals surface area (Å²) in [6.45, 7) is 10.4. The van der Waals surface area contributed by atoms with Crippen molar-refractivity contribution in [2.45, 2.75) is 58.6 Å². The van der Waals surface area contributed by atoms with E-state index in [0.29, 0.717) is 60.4 Å². The van der Waals surface area contributed by atoms with Crippen LogP contribution in [0.15, 0.2) is 47.3 Å². The quantitative estimate of drug-likeness (QED) is 0.239. The van der Waals surface area contributed by atoms with E-state index in [0.717, 1.165) is 31.6 Å². The average Bonchev–Trinajstić information content (AvgIpc) is 3.68. The summed E-state index contributed by atoms with van der Waals surface area (Å²) in [4.78, 5) is 47.4. The molecule has 3 aromatic rings. The van der Waals surface area contributed by atoms with Crippen LogP contribution in [0.1, 0.15) is 61.6 Å². The minimum atomic E-state index is -0.628. The highest BCUT2D eigenvalue weighted by Crippen LogP contribution is 2.32. The molecule has 45 heavy (non-hydrogen) atoms. The molecular formula is C33H41N5O6S. The molecule has 0 spiro atoms. The number of ketones is 1. The lowest BCUT2D eigenvalue weighted by molar-refractivity contribution is 0.0635. The average molecular weight is 636 g/mol. The van der Waals surface area contributed by atoms with Crippen LogP contribution in [0.2, 0.25) is 0 Å². The maximum absolute atomic E-state index is 13.5. The first kappa shape index (κ1) is 32.2. The molecule has 2 aliphatic heterocycles. The van der Waals surface area contributed by atoms with E-state index in [1.165, 1.54) is 24.2 Å². The van der Waals surface area contributed by atoms with Gasteiger partial charge in [-0.15, -0.1) is 11.3 Å². The van der Waals surface area contributed by atoms with Gasteiger partial charge in [-0.3, -0.25) is 15.1 Å². The summed E-state index contributed by atoms with van der Waals surface area (Å²) in [5.74, 6) is 1.10. The van der Waals surface area contributed by atoms with Gasteiger partial charge in [-0.2, -0.15) is 0 Å². The van der Waals surface area contributed by atoms with Crippen molar-refractivity contribution in [2.24, 2.45) is 0 Å². The smallest absolute Gasteiger partial charge is 0.412 e. The van der Waals surface area contributed by atoms with E-state index >= 15 is 0 Å². The molecule has 4 heterocycles. The number of fused-ring (bicyclic) bond motifs is 1. The van der Waals surface area contributed by atoms with Crippen LogP contribution >= 0.6 is 11.3 Å². The number of nitrogens with zero attached hydrogens (tertiary/aromatic N) is 3. The number of thiophene rings is 1. The minimum Gasteiger partial charge on any atom is -0.486 e. The van der Waals surface area contributed by atoms with Crippen LogP contribution < -0.4 is 20.1 Å². The van der Waals surface area contributed by atoms with E-state index in [1.807, 2.05) is 11.4 Å². The maximum atomic E-state index is 13.5. The van der Waals surface area contributed by atoms with Crippen LogP contribution in [-0.2, 0) is 17.7 Å². The first-order valence-electron chi connectivity index (χ1n) is 15.3. The number of likely N-dealkylation sites (tertiary alicyclic amines) is 1. The van der Waals surface area contributed by atoms with E-state index in [1.54, 1.807) is 61.5 Å². The Morgan fingerprint density at radius 3 is 2.53 bits per heavy atom. The van der Waals surface area contributed by atoms with Crippen LogP contribution in [0.25, 0.3) is 0 Å². The van der Waals surface area contributed by atoms with Gasteiger partial charge in [0, 0.05) is 42.8 Å². The Morgan fingerprint density at radius 2 is 1.80 bits per heavy atom. The van der Waals surface area contributed by atoms with Crippen molar-refractivity contribution in [2.75, 3.05) is 50.0 Å². The van der Waals surface area contributed by atoms with Gasteiger partial charge in [0.05, 0.1) is 5.69 Å². The number of carbonyl (C=O) groups is 3. The van der Waals surface area contributed by atoms with Gasteiger partial charge in [0.2, 0.25) is 0 Å². The van der Waals surface area contributed by atoms with Crippen LogP contribution in [0.4, 0.5) is 21.0 Å². The second-order valence-electron chi connectivity index (χ2n) is 12.2. The second-order valence-corrected chi connectivity index (χ2v) is 12.9. The molecule has 2 N–H and O–H groups in total. The Labute approximate surface area is 267 Å². The summed E-state index contributed by atoms with van der Waals surface area (Å²) in [6.07, 6.45) is 4.45. The predicted octanol–water partition coefficient (Wildman–Crippen LogP) is 6.21. The monoisotopic (exact) mass is 635 g/mol. The Kier molecular flexibility index (Phi) is 10.6. The fraction of sp³-hybridized carbons (Fsp3) is 0.455. The molecule has 0 atom stereocenters. The number of aromatic nitrogens is 1. The van der Waals surface area contributed by atoms with Gasteiger partial charge >= 0.3 is 12.1 Å². The molecule has 0 unspecified atom stereocenters. The van der Waals surface area contributed by atoms with Crippen LogP contribution in [-0.4, -0.2) is 77.7 Å². The summed E-state index contributed by atoms with van der Waals surface area (Å²) < 4.78 is 16.6. The number of hydrogen-bond acceptors (Lipinski definition) is 9. The molecule has 3 amide bonds. The Bertz CT molecular complexity index is 1480. The number of anilines is 2. The number of hydrogen-bond donors (Lipinski definition) is 2. The highest BCUT2D eigenvalue weighted by atomic mass is 32.1. The van der Waals surface area contributed by atoms with Crippen molar-refractivity contribution in [1.82, 2.24) is 14.8 Å². The largest absolute Gasteiger partial charge is 0.486 e. The molecular weight excluding hydrogens is 594 g/mol. The number of Topliss-reactive ketones (excluding diaryl/α,β-unsaturated/α-hetero) is 1. The summed E-state index contributed by atoms with van der Waals surface area (Å²) in [5, 5.41) is 9.34. The van der Waals surface area contributed by atoms with Crippen LogP contribution in [0.3, 0.4) is 0 Å². The number of benzene rings is 1. The number of carbonyl (C=O) groups excluding carboxylic acids is 3. The molecule has 2 aromatic heterocycles. The van der Waals surface area contributed by atoms with Gasteiger partial charge in [-0.1, -0.05) is 6.07 Å². The van der Waals surface area contributed by atoms with Gasteiger partial charge < -0.3 is 29.3 Å². The van der Waals surface area contributed by atoms with Gasteiger partial charge in [0.25, 0.3) is 0 Å². The fourth-order valence-corrected chi connectivity index (χ4v) is 6.01. The summed E-state index contributed by atoms with van der Waals surface area (Å²) in [6, 6.07) is 8.67. The Balaban J connectivity index is 1.21. The van der Waals surface area contributed by atoms with E-state index in [-0.39, 0.29) is 18.2 Å². The fourth-order valence-electron chi connectivity index (χ4n) is 5.22. The third-order valence-corrected chi connectivity index (χ3v) is 8.19. The number of amides is 3. The minimum absolute atomic E-state index is 0.0849. The van der Waals surface area contributed by atoms with Crippen molar-refractivity contribution < 1.29 is 28.6 Å². The Morgan fingerprint density at radius 1 is 1.02 bits per heavy atom. The molecule has 2 aliphatic rings. The molecule has 1 aromatic carbocycles. The number of nitrogens with one attached hydrogen (secondary N) is 2. The lowest BCUT2D eigenvalue weighted by Crippen LogP contribution is -2.36. The molecule has 12 heteroatoms. The van der Waals surface area contributed by atoms with Crippen molar-refractivity contribution in [3.63, 3.8) is 0 Å². The van der Waals surface area contributed by atoms with Gasteiger partial charge in [-0.05, 0) is 94.4 Å². The Hall–Kier alpha value is -4.16. The molecule has 0 bridgehead atoms. The first-order valence-corrected chi connectivity index (χ1v) is 16.3. The first-order chi connectivity index (χ1) is 21.6. The molecule has 0 radical (unpaired) electrons. The number of ether oxygens (including phenoxy) is 3. The lowest BCUT2D eigenvalue weighted by Gasteiger charge is -2.25. The van der Waals surface area contributed by atoms with Gasteiger partial charge in [0.1, 0.15) is 24.5 Å². The van der Waals surface area contributed by atoms with Crippen molar-refractivity contribution in [3.05, 3.63) is 64.1 Å². The number of pyridine rings is 1. The highest BCUT2D eigenvalue weighted by Gasteiger charge is 2.21. The summed E-state index contributed by atoms with van der Waals surface area (Å²) in [7, 11) is 0. The second kappa shape index (κ2) is 14.7. The van der Waals surface area contributed by atoms with Crippen LogP contribution in [0.5, 0.6) is 11.5 Å². The standard InChI is InChI=1S/C33H41N5O6S/c1-33(2,3)44-32(41)36-27-22-45-21-24(27)17-28(39)26-9-7-23(19-34-26)20-38(14-6-13-37-11-4-5-12-37)31(40)35-25-8-10-29-30(18-25)43-16-15-42-29/h7-10,18-19,21-22H,4-6,11-17,20H2,1-3H3,(H,35,40)(H,36,41). The normalized spacial score (nSPS) is 14.6. The van der Waals surface area contributed by atoms with Crippen LogP contribution in [0, 0.1) is 0 Å². The summed E-state index contributed by atoms with van der Waals surface area (Å²) in [5.41, 5.74) is 2.37. The molecule has 0 aliphatic carbocycles. The van der Waals surface area contributed by atoms with Crippen molar-refractivity contribution >= 4 is 40.6 Å². The molecule has 5 rings (SSSR count). The number of rotatable bonds is 11. The lowest BCUT2D eigenvalue weighted by atomic mass is 10.1. The predicted molar refractivity (Wildman–Crippen MR) is 174 cm³/mol. The molecule has 1 saturated heterocycles. The SMILES string of the molecule is CC(C)(C)OC(=O)Nc1cscc1CC(=O)c1ccc(CN(CCCN2CCCC2)C(=O)Nc2ccc3c(c2)OCCO3)cn1. The third kappa shape index (κ3) is 9.41. The van der Waals surface area contributed by atoms with Crippen molar-refractivity contribution in [3.8, 4) is 11.5 Å². The number of urea groups is 1. The van der Waals surface area contributed by atoms with E-state index in [4.69, 9.17) is 14.2 Å².